The van der Waals surface area contributed by atoms with Gasteiger partial charge in [0.2, 0.25) is 0 Å². The molecule has 21 heavy (non-hydrogen) atoms. The highest BCUT2D eigenvalue weighted by Crippen LogP contribution is 2.31. The molecule has 108 valence electrons. The topological polar surface area (TPSA) is 81.6 Å². The predicted octanol–water partition coefficient (Wildman–Crippen LogP) is 2.12. The van der Waals surface area contributed by atoms with Crippen LogP contribution in [-0.4, -0.2) is 20.0 Å². The Bertz CT molecular complexity index is 795. The van der Waals surface area contributed by atoms with E-state index in [4.69, 9.17) is 5.84 Å². The second kappa shape index (κ2) is 4.70. The van der Waals surface area contributed by atoms with Crippen LogP contribution in [0, 0.1) is 0 Å². The molecule has 0 radical (unpaired) electrons. The van der Waals surface area contributed by atoms with Crippen LogP contribution in [0.3, 0.4) is 0 Å². The third-order valence-electron chi connectivity index (χ3n) is 2.86. The number of para-hydroxylation sites is 1. The van der Waals surface area contributed by atoms with Gasteiger partial charge >= 0.3 is 6.18 Å². The van der Waals surface area contributed by atoms with E-state index in [0.29, 0.717) is 11.0 Å². The van der Waals surface area contributed by atoms with Gasteiger partial charge in [-0.15, -0.1) is 5.10 Å². The summed E-state index contributed by atoms with van der Waals surface area (Å²) in [5, 5.41) is 7.71. The molecule has 3 N–H and O–H groups in total. The Kier molecular flexibility index (Phi) is 2.98. The molecule has 0 aliphatic rings. The summed E-state index contributed by atoms with van der Waals surface area (Å²) in [5.41, 5.74) is 2.35. The fraction of sp³-hybridized carbons (Fsp3) is 0.0833. The number of nitrogen functional groups attached to an aromatic ring is 1. The van der Waals surface area contributed by atoms with Gasteiger partial charge in [-0.1, -0.05) is 17.3 Å². The van der Waals surface area contributed by atoms with Crippen molar-refractivity contribution in [3.05, 3.63) is 42.0 Å². The molecule has 0 saturated heterocycles. The highest BCUT2D eigenvalue weighted by Gasteiger charge is 2.32. The zero-order chi connectivity index (χ0) is 15.0. The summed E-state index contributed by atoms with van der Waals surface area (Å²) >= 11 is 0. The van der Waals surface area contributed by atoms with Gasteiger partial charge in [-0.05, 0) is 24.3 Å². The quantitative estimate of drug-likeness (QED) is 0.559. The second-order valence-electron chi connectivity index (χ2n) is 4.23. The molecular weight excluding hydrogens is 285 g/mol. The van der Waals surface area contributed by atoms with Gasteiger partial charge in [-0.2, -0.15) is 17.9 Å². The predicted molar refractivity (Wildman–Crippen MR) is 69.5 cm³/mol. The lowest BCUT2D eigenvalue weighted by Gasteiger charge is -2.11. The summed E-state index contributed by atoms with van der Waals surface area (Å²) in [5.74, 6) is 5.04. The van der Waals surface area contributed by atoms with Crippen LogP contribution in [0.5, 0.6) is 0 Å². The molecule has 1 aromatic carbocycles. The Labute approximate surface area is 116 Å². The number of anilines is 1. The molecule has 0 saturated carbocycles. The van der Waals surface area contributed by atoms with Gasteiger partial charge in [0.15, 0.2) is 5.82 Å². The maximum absolute atomic E-state index is 12.9. The number of nitrogens with one attached hydrogen (secondary N) is 1. The van der Waals surface area contributed by atoms with Gasteiger partial charge in [-0.25, -0.2) is 10.8 Å². The monoisotopic (exact) mass is 294 g/mol. The zero-order valence-electron chi connectivity index (χ0n) is 10.5. The van der Waals surface area contributed by atoms with Gasteiger partial charge in [-0.3, -0.25) is 0 Å². The first-order valence-electron chi connectivity index (χ1n) is 5.86. The summed E-state index contributed by atoms with van der Waals surface area (Å²) in [6, 6.07) is 8.59. The number of hydrazine groups is 1. The van der Waals surface area contributed by atoms with Crippen LogP contribution in [0.4, 0.5) is 19.0 Å². The maximum atomic E-state index is 12.9. The van der Waals surface area contributed by atoms with Gasteiger partial charge in [0, 0.05) is 0 Å². The van der Waals surface area contributed by atoms with Crippen LogP contribution in [-0.2, 0) is 6.18 Å². The van der Waals surface area contributed by atoms with Crippen molar-refractivity contribution in [3.8, 4) is 5.82 Å². The van der Waals surface area contributed by atoms with Gasteiger partial charge in [0.05, 0.1) is 11.1 Å². The van der Waals surface area contributed by atoms with E-state index in [-0.39, 0.29) is 11.6 Å². The molecule has 0 atom stereocenters. The molecule has 3 aromatic rings. The van der Waals surface area contributed by atoms with Crippen LogP contribution in [0.1, 0.15) is 5.56 Å². The second-order valence-corrected chi connectivity index (χ2v) is 4.23. The Hall–Kier alpha value is -2.68. The minimum Gasteiger partial charge on any atom is -0.308 e. The van der Waals surface area contributed by atoms with Crippen LogP contribution < -0.4 is 11.3 Å². The van der Waals surface area contributed by atoms with Crippen molar-refractivity contribution in [3.63, 3.8) is 0 Å². The number of pyridine rings is 1. The fourth-order valence-corrected chi connectivity index (χ4v) is 1.90. The van der Waals surface area contributed by atoms with E-state index in [2.05, 4.69) is 20.7 Å². The molecule has 0 spiro atoms. The molecule has 0 fully saturated rings. The Balaban J connectivity index is 2.22. The molecule has 0 bridgehead atoms. The first-order chi connectivity index (χ1) is 9.99. The number of rotatable bonds is 2. The third kappa shape index (κ3) is 2.38. The molecule has 0 aliphatic carbocycles. The number of nitrogens with zero attached hydrogens (tertiary/aromatic N) is 4. The summed E-state index contributed by atoms with van der Waals surface area (Å²) in [7, 11) is 0. The Morgan fingerprint density at radius 3 is 2.62 bits per heavy atom. The summed E-state index contributed by atoms with van der Waals surface area (Å²) in [4.78, 5) is 3.98. The normalized spacial score (nSPS) is 11.8. The lowest BCUT2D eigenvalue weighted by atomic mass is 10.2. The molecule has 0 unspecified atom stereocenters. The molecular formula is C12H9F3N6. The van der Waals surface area contributed by atoms with Crippen molar-refractivity contribution in [2.45, 2.75) is 6.18 Å². The highest BCUT2D eigenvalue weighted by molar-refractivity contribution is 5.75. The molecule has 2 aromatic heterocycles. The highest BCUT2D eigenvalue weighted by atomic mass is 19.4. The van der Waals surface area contributed by atoms with Crippen molar-refractivity contribution >= 4 is 16.9 Å². The van der Waals surface area contributed by atoms with E-state index in [1.54, 1.807) is 24.3 Å². The van der Waals surface area contributed by atoms with E-state index in [1.165, 1.54) is 4.68 Å². The van der Waals surface area contributed by atoms with Crippen LogP contribution in [0.15, 0.2) is 36.4 Å². The maximum Gasteiger partial charge on any atom is 0.416 e. The number of alkyl halides is 3. The number of fused-ring (bicyclic) bond motifs is 1. The van der Waals surface area contributed by atoms with E-state index in [1.807, 2.05) is 0 Å². The van der Waals surface area contributed by atoms with E-state index in [0.717, 1.165) is 12.1 Å². The van der Waals surface area contributed by atoms with Gasteiger partial charge in [0.1, 0.15) is 11.3 Å². The number of aromatic nitrogens is 4. The van der Waals surface area contributed by atoms with Crippen LogP contribution >= 0.6 is 0 Å². The SMILES string of the molecule is NNc1cc(C(F)(F)F)cc(-n2nnc3ccccc32)n1. The summed E-state index contributed by atoms with van der Waals surface area (Å²) in [6.07, 6.45) is -4.51. The zero-order valence-corrected chi connectivity index (χ0v) is 10.5. The molecule has 2 heterocycles. The van der Waals surface area contributed by atoms with Crippen molar-refractivity contribution in [1.29, 1.82) is 0 Å². The lowest BCUT2D eigenvalue weighted by molar-refractivity contribution is -0.137. The smallest absolute Gasteiger partial charge is 0.308 e. The number of hydrogen-bond donors (Lipinski definition) is 2. The average Bonchev–Trinajstić information content (AvgIpc) is 2.89. The minimum atomic E-state index is -4.51. The van der Waals surface area contributed by atoms with E-state index >= 15 is 0 Å². The first-order valence-corrected chi connectivity index (χ1v) is 5.86. The third-order valence-corrected chi connectivity index (χ3v) is 2.86. The number of hydrogen-bond acceptors (Lipinski definition) is 5. The minimum absolute atomic E-state index is 0.0218. The molecule has 0 amide bonds. The largest absolute Gasteiger partial charge is 0.416 e. The first kappa shape index (κ1) is 13.3. The van der Waals surface area contributed by atoms with Crippen molar-refractivity contribution in [2.75, 3.05) is 5.43 Å². The van der Waals surface area contributed by atoms with Crippen molar-refractivity contribution in [1.82, 2.24) is 20.0 Å². The van der Waals surface area contributed by atoms with E-state index in [9.17, 15) is 13.2 Å². The Morgan fingerprint density at radius 1 is 1.14 bits per heavy atom. The van der Waals surface area contributed by atoms with E-state index < -0.39 is 11.7 Å². The van der Waals surface area contributed by atoms with Crippen LogP contribution in [0.25, 0.3) is 16.9 Å². The van der Waals surface area contributed by atoms with Gasteiger partial charge in [0.25, 0.3) is 0 Å². The standard InChI is InChI=1S/C12H9F3N6/c13-12(14,15)7-5-10(18-16)17-11(6-7)21-9-4-2-1-3-8(9)19-20-21/h1-6H,16H2,(H,17,18). The Morgan fingerprint density at radius 2 is 1.90 bits per heavy atom. The molecule has 0 aliphatic heterocycles. The fourth-order valence-electron chi connectivity index (χ4n) is 1.90. The number of nitrogens with two attached hydrogens (primary N) is 1. The number of benzene rings is 1. The molecule has 9 heteroatoms. The number of halogens is 3. The lowest BCUT2D eigenvalue weighted by Crippen LogP contribution is -2.14. The summed E-state index contributed by atoms with van der Waals surface area (Å²) < 4.78 is 39.9. The van der Waals surface area contributed by atoms with Gasteiger partial charge < -0.3 is 5.43 Å². The molecule has 6 nitrogen and oxygen atoms in total. The average molecular weight is 294 g/mol. The summed E-state index contributed by atoms with van der Waals surface area (Å²) in [6.45, 7) is 0. The molecule has 3 rings (SSSR count). The van der Waals surface area contributed by atoms with Crippen molar-refractivity contribution in [2.24, 2.45) is 5.84 Å². The van der Waals surface area contributed by atoms with Crippen molar-refractivity contribution < 1.29 is 13.2 Å². The van der Waals surface area contributed by atoms with Crippen LogP contribution in [0.2, 0.25) is 0 Å².